The van der Waals surface area contributed by atoms with E-state index in [2.05, 4.69) is 5.32 Å². The van der Waals surface area contributed by atoms with E-state index in [9.17, 15) is 14.4 Å². The second-order valence-electron chi connectivity index (χ2n) is 7.60. The van der Waals surface area contributed by atoms with E-state index in [-0.39, 0.29) is 29.9 Å². The predicted octanol–water partition coefficient (Wildman–Crippen LogP) is 2.99. The summed E-state index contributed by atoms with van der Waals surface area (Å²) in [7, 11) is 0. The highest BCUT2D eigenvalue weighted by Crippen LogP contribution is 2.21. The molecule has 0 spiro atoms. The Labute approximate surface area is 160 Å². The zero-order chi connectivity index (χ0) is 20.0. The third-order valence-electron chi connectivity index (χ3n) is 4.34. The van der Waals surface area contributed by atoms with E-state index < -0.39 is 6.16 Å². The molecule has 1 heterocycles. The molecule has 1 aliphatic heterocycles. The Bertz CT molecular complexity index is 671. The topological polar surface area (TPSA) is 84.9 Å². The van der Waals surface area contributed by atoms with E-state index >= 15 is 0 Å². The molecule has 1 aliphatic rings. The fourth-order valence-corrected chi connectivity index (χ4v) is 2.89. The number of benzene rings is 1. The Hall–Kier alpha value is -2.57. The zero-order valence-corrected chi connectivity index (χ0v) is 16.4. The average Bonchev–Trinajstić information content (AvgIpc) is 2.61. The van der Waals surface area contributed by atoms with E-state index in [1.807, 2.05) is 25.7 Å². The third-order valence-corrected chi connectivity index (χ3v) is 4.34. The van der Waals surface area contributed by atoms with Crippen LogP contribution in [0.4, 0.5) is 4.79 Å². The number of carbonyl (C=O) groups is 3. The molecule has 1 aromatic rings. The highest BCUT2D eigenvalue weighted by molar-refractivity contribution is 5.94. The van der Waals surface area contributed by atoms with Crippen molar-refractivity contribution in [3.8, 4) is 5.75 Å². The van der Waals surface area contributed by atoms with Gasteiger partial charge in [0.1, 0.15) is 5.75 Å². The average molecular weight is 376 g/mol. The van der Waals surface area contributed by atoms with Crippen molar-refractivity contribution in [1.29, 1.82) is 0 Å². The first-order chi connectivity index (χ1) is 12.7. The SMILES string of the molecule is CCOC(=O)Oc1ccc(C(=O)NC2CCN(C(=O)C(C)(C)C)CC2)cc1. The lowest BCUT2D eigenvalue weighted by atomic mass is 9.93. The van der Waals surface area contributed by atoms with E-state index in [1.54, 1.807) is 31.2 Å². The van der Waals surface area contributed by atoms with Gasteiger partial charge in [0.05, 0.1) is 6.61 Å². The maximum absolute atomic E-state index is 12.4. The van der Waals surface area contributed by atoms with Gasteiger partial charge in [0.15, 0.2) is 0 Å². The minimum atomic E-state index is -0.772. The van der Waals surface area contributed by atoms with Gasteiger partial charge in [0.2, 0.25) is 5.91 Å². The molecule has 27 heavy (non-hydrogen) atoms. The molecule has 1 saturated heterocycles. The molecule has 0 unspecified atom stereocenters. The van der Waals surface area contributed by atoms with Crippen LogP contribution in [0.1, 0.15) is 50.9 Å². The lowest BCUT2D eigenvalue weighted by Crippen LogP contribution is -2.49. The molecule has 2 rings (SSSR count). The largest absolute Gasteiger partial charge is 0.513 e. The monoisotopic (exact) mass is 376 g/mol. The molecule has 1 aromatic carbocycles. The summed E-state index contributed by atoms with van der Waals surface area (Å²) in [6.07, 6.45) is 0.696. The molecule has 0 bridgehead atoms. The minimum absolute atomic E-state index is 0.0389. The van der Waals surface area contributed by atoms with Crippen LogP contribution in [-0.2, 0) is 9.53 Å². The molecule has 0 atom stereocenters. The quantitative estimate of drug-likeness (QED) is 0.645. The summed E-state index contributed by atoms with van der Waals surface area (Å²) in [5.74, 6) is 0.279. The molecule has 1 N–H and O–H groups in total. The van der Waals surface area contributed by atoms with Gasteiger partial charge >= 0.3 is 6.16 Å². The fraction of sp³-hybridized carbons (Fsp3) is 0.550. The molecule has 148 valence electrons. The maximum atomic E-state index is 12.4. The molecule has 0 radical (unpaired) electrons. The molecule has 7 heteroatoms. The highest BCUT2D eigenvalue weighted by atomic mass is 16.7. The smallest absolute Gasteiger partial charge is 0.434 e. The molecule has 7 nitrogen and oxygen atoms in total. The fourth-order valence-electron chi connectivity index (χ4n) is 2.89. The number of hydrogen-bond donors (Lipinski definition) is 1. The van der Waals surface area contributed by atoms with Crippen LogP contribution in [0.2, 0.25) is 0 Å². The molecule has 0 saturated carbocycles. The van der Waals surface area contributed by atoms with Crippen molar-refractivity contribution < 1.29 is 23.9 Å². The van der Waals surface area contributed by atoms with E-state index in [4.69, 9.17) is 9.47 Å². The van der Waals surface area contributed by atoms with Crippen LogP contribution in [0.3, 0.4) is 0 Å². The number of nitrogens with zero attached hydrogens (tertiary/aromatic N) is 1. The molecular formula is C20H28N2O5. The number of rotatable bonds is 4. The van der Waals surface area contributed by atoms with E-state index in [0.717, 1.165) is 12.8 Å². The van der Waals surface area contributed by atoms with Crippen LogP contribution in [0.15, 0.2) is 24.3 Å². The number of likely N-dealkylation sites (tertiary alicyclic amines) is 1. The number of amides is 2. The number of piperidine rings is 1. The van der Waals surface area contributed by atoms with Gasteiger partial charge in [-0.05, 0) is 44.0 Å². The van der Waals surface area contributed by atoms with E-state index in [0.29, 0.717) is 24.4 Å². The van der Waals surface area contributed by atoms with Gasteiger partial charge in [-0.15, -0.1) is 0 Å². The van der Waals surface area contributed by atoms with Crippen LogP contribution in [-0.4, -0.2) is 48.6 Å². The standard InChI is InChI=1S/C20H28N2O5/c1-5-26-19(25)27-16-8-6-14(7-9-16)17(23)21-15-10-12-22(13-11-15)18(24)20(2,3)4/h6-9,15H,5,10-13H2,1-4H3,(H,21,23). The Morgan fingerprint density at radius 1 is 1.11 bits per heavy atom. The summed E-state index contributed by atoms with van der Waals surface area (Å²) in [5.41, 5.74) is 0.100. The zero-order valence-electron chi connectivity index (χ0n) is 16.4. The van der Waals surface area contributed by atoms with Crippen molar-refractivity contribution >= 4 is 18.0 Å². The highest BCUT2D eigenvalue weighted by Gasteiger charge is 2.30. The molecular weight excluding hydrogens is 348 g/mol. The first-order valence-corrected chi connectivity index (χ1v) is 9.25. The third kappa shape index (κ3) is 5.98. The van der Waals surface area contributed by atoms with Gasteiger partial charge in [-0.3, -0.25) is 9.59 Å². The van der Waals surface area contributed by atoms with Crippen molar-refractivity contribution in [3.05, 3.63) is 29.8 Å². The molecule has 0 aliphatic carbocycles. The van der Waals surface area contributed by atoms with Gasteiger partial charge in [-0.25, -0.2) is 4.79 Å². The van der Waals surface area contributed by atoms with Crippen molar-refractivity contribution in [2.24, 2.45) is 5.41 Å². The van der Waals surface area contributed by atoms with Crippen LogP contribution in [0.5, 0.6) is 5.75 Å². The molecule has 0 aromatic heterocycles. The second-order valence-corrected chi connectivity index (χ2v) is 7.60. The van der Waals surface area contributed by atoms with Gasteiger partial charge in [0.25, 0.3) is 5.91 Å². The maximum Gasteiger partial charge on any atom is 0.513 e. The number of hydrogen-bond acceptors (Lipinski definition) is 5. The minimum Gasteiger partial charge on any atom is -0.434 e. The Morgan fingerprint density at radius 2 is 1.70 bits per heavy atom. The summed E-state index contributed by atoms with van der Waals surface area (Å²) in [6, 6.07) is 6.34. The van der Waals surface area contributed by atoms with Crippen LogP contribution in [0, 0.1) is 5.41 Å². The van der Waals surface area contributed by atoms with Crippen molar-refractivity contribution in [2.45, 2.75) is 46.6 Å². The summed E-state index contributed by atoms with van der Waals surface area (Å²) >= 11 is 0. The molecule has 2 amide bonds. The van der Waals surface area contributed by atoms with Crippen molar-refractivity contribution in [3.63, 3.8) is 0 Å². The lowest BCUT2D eigenvalue weighted by Gasteiger charge is -2.36. The number of nitrogens with one attached hydrogen (secondary N) is 1. The van der Waals surface area contributed by atoms with Crippen LogP contribution < -0.4 is 10.1 Å². The Kier molecular flexibility index (Phi) is 6.82. The number of carbonyl (C=O) groups excluding carboxylic acids is 3. The first-order valence-electron chi connectivity index (χ1n) is 9.25. The number of ether oxygens (including phenoxy) is 2. The summed E-state index contributed by atoms with van der Waals surface area (Å²) < 4.78 is 9.67. The van der Waals surface area contributed by atoms with Gasteiger partial charge < -0.3 is 19.7 Å². The molecule has 1 fully saturated rings. The van der Waals surface area contributed by atoms with Gasteiger partial charge in [-0.1, -0.05) is 20.8 Å². The summed E-state index contributed by atoms with van der Waals surface area (Å²) in [5, 5.41) is 3.00. The second kappa shape index (κ2) is 8.88. The van der Waals surface area contributed by atoms with E-state index in [1.165, 1.54) is 0 Å². The van der Waals surface area contributed by atoms with Crippen molar-refractivity contribution in [1.82, 2.24) is 10.2 Å². The lowest BCUT2D eigenvalue weighted by molar-refractivity contribution is -0.140. The van der Waals surface area contributed by atoms with Gasteiger partial charge in [0, 0.05) is 30.1 Å². The Morgan fingerprint density at radius 3 is 2.22 bits per heavy atom. The summed E-state index contributed by atoms with van der Waals surface area (Å²) in [4.78, 5) is 37.9. The summed E-state index contributed by atoms with van der Waals surface area (Å²) in [6.45, 7) is 8.97. The van der Waals surface area contributed by atoms with Crippen LogP contribution >= 0.6 is 0 Å². The van der Waals surface area contributed by atoms with Crippen LogP contribution in [0.25, 0.3) is 0 Å². The first kappa shape index (κ1) is 20.7. The van der Waals surface area contributed by atoms with Crippen molar-refractivity contribution in [2.75, 3.05) is 19.7 Å². The predicted molar refractivity (Wildman–Crippen MR) is 101 cm³/mol. The Balaban J connectivity index is 1.84. The van der Waals surface area contributed by atoms with Gasteiger partial charge in [-0.2, -0.15) is 0 Å². The normalized spacial score (nSPS) is 15.2.